The Morgan fingerprint density at radius 2 is 2.07 bits per heavy atom. The molecule has 1 aromatic carbocycles. The van der Waals surface area contributed by atoms with Crippen LogP contribution in [0.1, 0.15) is 0 Å². The van der Waals surface area contributed by atoms with Gasteiger partial charge in [-0.2, -0.15) is 0 Å². The predicted octanol–water partition coefficient (Wildman–Crippen LogP) is 3.01. The molecule has 0 atom stereocenters. The Morgan fingerprint density at radius 3 is 2.80 bits per heavy atom. The van der Waals surface area contributed by atoms with E-state index >= 15 is 0 Å². The topological polar surface area (TPSA) is 38.9 Å². The van der Waals surface area contributed by atoms with E-state index in [4.69, 9.17) is 4.42 Å². The van der Waals surface area contributed by atoms with Gasteiger partial charge in [-0.3, -0.25) is 0 Å². The maximum atomic E-state index is 5.46. The van der Waals surface area contributed by atoms with E-state index in [1.165, 1.54) is 11.8 Å². The zero-order valence-corrected chi connectivity index (χ0v) is 8.91. The highest BCUT2D eigenvalue weighted by atomic mass is 32.2. The molecule has 15 heavy (non-hydrogen) atoms. The van der Waals surface area contributed by atoms with Crippen LogP contribution in [0, 0.1) is 0 Å². The molecule has 0 spiro atoms. The lowest BCUT2D eigenvalue weighted by atomic mass is 10.2. The number of thioether (sulfide) groups is 1. The van der Waals surface area contributed by atoms with Crippen LogP contribution in [0.25, 0.3) is 11.5 Å². The second-order valence-electron chi connectivity index (χ2n) is 2.84. The van der Waals surface area contributed by atoms with Gasteiger partial charge in [0.25, 0.3) is 5.22 Å². The van der Waals surface area contributed by atoms with Crippen LogP contribution in [-0.4, -0.2) is 16.0 Å². The second-order valence-corrected chi connectivity index (χ2v) is 3.81. The first-order valence-electron chi connectivity index (χ1n) is 4.53. The van der Waals surface area contributed by atoms with Crippen LogP contribution in [0.5, 0.6) is 0 Å². The first kappa shape index (κ1) is 9.98. The number of rotatable bonds is 4. The van der Waals surface area contributed by atoms with Crippen molar-refractivity contribution < 1.29 is 4.42 Å². The zero-order valence-electron chi connectivity index (χ0n) is 8.09. The Hall–Kier alpha value is -1.55. The maximum Gasteiger partial charge on any atom is 0.277 e. The molecule has 0 saturated carbocycles. The van der Waals surface area contributed by atoms with Crippen LogP contribution in [0.3, 0.4) is 0 Å². The summed E-state index contributed by atoms with van der Waals surface area (Å²) in [5, 5.41) is 8.47. The van der Waals surface area contributed by atoms with Gasteiger partial charge in [-0.15, -0.1) is 16.8 Å². The van der Waals surface area contributed by atoms with Crippen molar-refractivity contribution in [1.29, 1.82) is 0 Å². The molecule has 0 amide bonds. The summed E-state index contributed by atoms with van der Waals surface area (Å²) in [7, 11) is 0. The smallest absolute Gasteiger partial charge is 0.277 e. The van der Waals surface area contributed by atoms with E-state index < -0.39 is 0 Å². The highest BCUT2D eigenvalue weighted by molar-refractivity contribution is 7.99. The summed E-state index contributed by atoms with van der Waals surface area (Å²) in [6.07, 6.45) is 1.80. The molecule has 4 heteroatoms. The van der Waals surface area contributed by atoms with E-state index in [1.54, 1.807) is 6.08 Å². The number of hydrogen-bond acceptors (Lipinski definition) is 4. The van der Waals surface area contributed by atoms with Crippen molar-refractivity contribution in [3.63, 3.8) is 0 Å². The lowest BCUT2D eigenvalue weighted by molar-refractivity contribution is 0.466. The molecule has 0 saturated heterocycles. The first-order valence-corrected chi connectivity index (χ1v) is 5.51. The average molecular weight is 218 g/mol. The van der Waals surface area contributed by atoms with Crippen LogP contribution in [0.4, 0.5) is 0 Å². The predicted molar refractivity (Wildman–Crippen MR) is 60.7 cm³/mol. The van der Waals surface area contributed by atoms with Crippen molar-refractivity contribution in [1.82, 2.24) is 10.2 Å². The van der Waals surface area contributed by atoms with Gasteiger partial charge in [0.2, 0.25) is 5.89 Å². The molecule has 0 bridgehead atoms. The van der Waals surface area contributed by atoms with Crippen LogP contribution < -0.4 is 0 Å². The molecule has 1 aromatic heterocycles. The second kappa shape index (κ2) is 4.79. The average Bonchev–Trinajstić information content (AvgIpc) is 2.76. The maximum absolute atomic E-state index is 5.46. The van der Waals surface area contributed by atoms with E-state index in [1.807, 2.05) is 30.3 Å². The van der Waals surface area contributed by atoms with Gasteiger partial charge in [0.1, 0.15) is 0 Å². The lowest BCUT2D eigenvalue weighted by Crippen LogP contribution is -1.75. The quantitative estimate of drug-likeness (QED) is 0.584. The molecule has 2 aromatic rings. The van der Waals surface area contributed by atoms with Gasteiger partial charge in [-0.05, 0) is 12.1 Å². The van der Waals surface area contributed by atoms with Gasteiger partial charge in [-0.25, -0.2) is 0 Å². The molecule has 76 valence electrons. The molecule has 3 nitrogen and oxygen atoms in total. The molecule has 2 rings (SSSR count). The molecule has 0 aliphatic rings. The fourth-order valence-electron chi connectivity index (χ4n) is 1.10. The highest BCUT2D eigenvalue weighted by Crippen LogP contribution is 2.22. The van der Waals surface area contributed by atoms with Crippen LogP contribution in [0.15, 0.2) is 52.6 Å². The molecule has 0 unspecified atom stereocenters. The summed E-state index contributed by atoms with van der Waals surface area (Å²) in [5.74, 6) is 1.33. The van der Waals surface area contributed by atoms with E-state index in [-0.39, 0.29) is 0 Å². The van der Waals surface area contributed by atoms with Gasteiger partial charge in [0, 0.05) is 11.3 Å². The summed E-state index contributed by atoms with van der Waals surface area (Å²) >= 11 is 1.48. The van der Waals surface area contributed by atoms with E-state index in [2.05, 4.69) is 16.8 Å². The summed E-state index contributed by atoms with van der Waals surface area (Å²) in [5.41, 5.74) is 0.940. The van der Waals surface area contributed by atoms with Crippen LogP contribution in [-0.2, 0) is 0 Å². The minimum atomic E-state index is 0.558. The standard InChI is InChI=1S/C11H10N2OS/c1-2-8-15-11-13-12-10(14-11)9-6-4-3-5-7-9/h2-7H,1,8H2. The van der Waals surface area contributed by atoms with Crippen molar-refractivity contribution in [2.24, 2.45) is 0 Å². The Kier molecular flexibility index (Phi) is 3.19. The van der Waals surface area contributed by atoms with Crippen molar-refractivity contribution in [2.45, 2.75) is 5.22 Å². The largest absolute Gasteiger partial charge is 0.411 e. The third-order valence-electron chi connectivity index (χ3n) is 1.75. The molecule has 0 radical (unpaired) electrons. The Bertz CT molecular complexity index is 439. The Balaban J connectivity index is 2.17. The number of nitrogens with zero attached hydrogens (tertiary/aromatic N) is 2. The summed E-state index contributed by atoms with van der Waals surface area (Å²) in [4.78, 5) is 0. The van der Waals surface area contributed by atoms with Crippen molar-refractivity contribution in [3.05, 3.63) is 43.0 Å². The van der Waals surface area contributed by atoms with Crippen LogP contribution in [0.2, 0.25) is 0 Å². The minimum Gasteiger partial charge on any atom is -0.411 e. The normalized spacial score (nSPS) is 10.1. The lowest BCUT2D eigenvalue weighted by Gasteiger charge is -1.91. The zero-order chi connectivity index (χ0) is 10.5. The van der Waals surface area contributed by atoms with E-state index in [0.717, 1.165) is 11.3 Å². The summed E-state index contributed by atoms with van der Waals surface area (Å²) in [6.45, 7) is 3.63. The molecule has 0 fully saturated rings. The van der Waals surface area contributed by atoms with Gasteiger partial charge in [-0.1, -0.05) is 36.0 Å². The van der Waals surface area contributed by atoms with Gasteiger partial charge < -0.3 is 4.42 Å². The third-order valence-corrected chi connectivity index (χ3v) is 2.57. The molecule has 1 heterocycles. The highest BCUT2D eigenvalue weighted by Gasteiger charge is 2.07. The van der Waals surface area contributed by atoms with Gasteiger partial charge in [0.15, 0.2) is 0 Å². The van der Waals surface area contributed by atoms with Crippen molar-refractivity contribution >= 4 is 11.8 Å². The molecule has 0 N–H and O–H groups in total. The number of benzene rings is 1. The van der Waals surface area contributed by atoms with E-state index in [9.17, 15) is 0 Å². The monoisotopic (exact) mass is 218 g/mol. The van der Waals surface area contributed by atoms with Gasteiger partial charge in [0.05, 0.1) is 0 Å². The third kappa shape index (κ3) is 2.47. The molecule has 0 aliphatic heterocycles. The van der Waals surface area contributed by atoms with Crippen LogP contribution >= 0.6 is 11.8 Å². The molecule has 0 aliphatic carbocycles. The Morgan fingerprint density at radius 1 is 1.27 bits per heavy atom. The molecular formula is C11H10N2OS. The molecular weight excluding hydrogens is 208 g/mol. The summed E-state index contributed by atoms with van der Waals surface area (Å²) in [6, 6.07) is 9.71. The van der Waals surface area contributed by atoms with Gasteiger partial charge >= 0.3 is 0 Å². The van der Waals surface area contributed by atoms with Crippen molar-refractivity contribution in [3.8, 4) is 11.5 Å². The number of hydrogen-bond donors (Lipinski definition) is 0. The van der Waals surface area contributed by atoms with E-state index in [0.29, 0.717) is 11.1 Å². The first-order chi connectivity index (χ1) is 7.40. The number of aromatic nitrogens is 2. The van der Waals surface area contributed by atoms with Crippen molar-refractivity contribution in [2.75, 3.05) is 5.75 Å². The minimum absolute atomic E-state index is 0.558. The fraction of sp³-hybridized carbons (Fsp3) is 0.0909. The summed E-state index contributed by atoms with van der Waals surface area (Å²) < 4.78 is 5.46. The SMILES string of the molecule is C=CCSc1nnc(-c2ccccc2)o1. The fourth-order valence-corrected chi connectivity index (χ4v) is 1.59. The Labute approximate surface area is 92.2 Å².